The summed E-state index contributed by atoms with van der Waals surface area (Å²) >= 11 is 0. The number of nitrogens with zero attached hydrogens (tertiary/aromatic N) is 2. The number of hydrogen-bond donors (Lipinski definition) is 2. The van der Waals surface area contributed by atoms with Gasteiger partial charge in [0.1, 0.15) is 11.5 Å². The number of rotatable bonds is 8. The zero-order chi connectivity index (χ0) is 26.2. The summed E-state index contributed by atoms with van der Waals surface area (Å²) in [6.45, 7) is 11.7. The summed E-state index contributed by atoms with van der Waals surface area (Å²) in [7, 11) is 0. The molecule has 192 valence electrons. The van der Waals surface area contributed by atoms with Crippen LogP contribution in [0.5, 0.6) is 11.5 Å². The quantitative estimate of drug-likeness (QED) is 0.529. The van der Waals surface area contributed by atoms with Gasteiger partial charge in [-0.2, -0.15) is 10.2 Å². The topological polar surface area (TPSA) is 101 Å². The van der Waals surface area contributed by atoms with Crippen molar-refractivity contribution < 1.29 is 19.1 Å². The fraction of sp³-hybridized carbons (Fsp3) is 0.429. The van der Waals surface area contributed by atoms with E-state index in [1.807, 2.05) is 65.8 Å². The Labute approximate surface area is 213 Å². The van der Waals surface area contributed by atoms with Gasteiger partial charge in [-0.25, -0.2) is 10.9 Å². The molecule has 0 atom stereocenters. The third kappa shape index (κ3) is 7.66. The van der Waals surface area contributed by atoms with Gasteiger partial charge in [0.15, 0.2) is 13.2 Å². The van der Waals surface area contributed by atoms with Crippen LogP contribution in [0.4, 0.5) is 0 Å². The van der Waals surface area contributed by atoms with Crippen LogP contribution < -0.4 is 20.3 Å². The lowest BCUT2D eigenvalue weighted by Gasteiger charge is -2.16. The van der Waals surface area contributed by atoms with Crippen LogP contribution in [-0.4, -0.2) is 36.5 Å². The Hall–Kier alpha value is -3.68. The van der Waals surface area contributed by atoms with Crippen LogP contribution >= 0.6 is 0 Å². The molecule has 0 unspecified atom stereocenters. The minimum Gasteiger partial charge on any atom is -0.483 e. The van der Waals surface area contributed by atoms with Gasteiger partial charge < -0.3 is 9.47 Å². The molecule has 1 aliphatic carbocycles. The molecule has 0 saturated heterocycles. The van der Waals surface area contributed by atoms with Crippen LogP contribution in [0.15, 0.2) is 34.5 Å². The lowest BCUT2D eigenvalue weighted by atomic mass is 9.97. The largest absolute Gasteiger partial charge is 0.483 e. The van der Waals surface area contributed by atoms with E-state index < -0.39 is 0 Å². The van der Waals surface area contributed by atoms with Crippen LogP contribution in [0.3, 0.4) is 0 Å². The first-order valence-electron chi connectivity index (χ1n) is 12.2. The van der Waals surface area contributed by atoms with Crippen molar-refractivity contribution in [1.82, 2.24) is 10.9 Å². The Morgan fingerprint density at radius 1 is 0.639 bits per heavy atom. The summed E-state index contributed by atoms with van der Waals surface area (Å²) in [5.74, 6) is 0.873. The Balaban J connectivity index is 1.39. The monoisotopic (exact) mass is 492 g/mol. The predicted molar refractivity (Wildman–Crippen MR) is 142 cm³/mol. The second kappa shape index (κ2) is 12.3. The molecule has 36 heavy (non-hydrogen) atoms. The average Bonchev–Trinajstić information content (AvgIpc) is 2.80. The number of benzene rings is 2. The van der Waals surface area contributed by atoms with Crippen LogP contribution in [0.1, 0.15) is 59.1 Å². The maximum Gasteiger partial charge on any atom is 0.277 e. The van der Waals surface area contributed by atoms with E-state index in [2.05, 4.69) is 21.1 Å². The minimum absolute atomic E-state index is 0.0933. The van der Waals surface area contributed by atoms with E-state index in [4.69, 9.17) is 9.47 Å². The molecule has 0 radical (unpaired) electrons. The highest BCUT2D eigenvalue weighted by Crippen LogP contribution is 2.25. The average molecular weight is 493 g/mol. The summed E-state index contributed by atoms with van der Waals surface area (Å²) in [6.07, 6.45) is 2.68. The van der Waals surface area contributed by atoms with Gasteiger partial charge in [0, 0.05) is 11.4 Å². The van der Waals surface area contributed by atoms with E-state index in [-0.39, 0.29) is 25.0 Å². The highest BCUT2D eigenvalue weighted by Gasteiger charge is 2.15. The number of amides is 2. The lowest BCUT2D eigenvalue weighted by molar-refractivity contribution is -0.123. The number of hydrazone groups is 2. The van der Waals surface area contributed by atoms with Gasteiger partial charge in [-0.3, -0.25) is 9.59 Å². The molecule has 8 nitrogen and oxygen atoms in total. The molecule has 0 bridgehead atoms. The number of carbonyl (C=O) groups is 2. The maximum atomic E-state index is 12.2. The summed E-state index contributed by atoms with van der Waals surface area (Å²) < 4.78 is 11.4. The van der Waals surface area contributed by atoms with E-state index in [0.29, 0.717) is 25.7 Å². The van der Waals surface area contributed by atoms with Gasteiger partial charge >= 0.3 is 0 Å². The van der Waals surface area contributed by atoms with Gasteiger partial charge in [0.2, 0.25) is 0 Å². The normalized spacial score (nSPS) is 13.2. The molecule has 8 heteroatoms. The first-order valence-corrected chi connectivity index (χ1v) is 12.2. The fourth-order valence-corrected chi connectivity index (χ4v) is 4.46. The predicted octanol–water partition coefficient (Wildman–Crippen LogP) is 4.51. The summed E-state index contributed by atoms with van der Waals surface area (Å²) in [4.78, 5) is 24.4. The number of nitrogens with one attached hydrogen (secondary N) is 2. The van der Waals surface area contributed by atoms with Crippen molar-refractivity contribution >= 4 is 23.2 Å². The van der Waals surface area contributed by atoms with Crippen molar-refractivity contribution in [2.75, 3.05) is 13.2 Å². The molecule has 2 amide bonds. The molecule has 1 fully saturated rings. The SMILES string of the molecule is Cc1cc(C)c(OCC(=O)NN=C2CCC(=NNC(=O)COc3c(C)cc(C)cc3C)CC2)c(C)c1. The smallest absolute Gasteiger partial charge is 0.277 e. The number of ether oxygens (including phenoxy) is 2. The lowest BCUT2D eigenvalue weighted by Crippen LogP contribution is -2.28. The third-order valence-corrected chi connectivity index (χ3v) is 5.99. The van der Waals surface area contributed by atoms with Crippen molar-refractivity contribution in [2.45, 2.75) is 67.2 Å². The first-order chi connectivity index (χ1) is 17.1. The van der Waals surface area contributed by atoms with Gasteiger partial charge in [-0.15, -0.1) is 0 Å². The first kappa shape index (κ1) is 26.9. The summed E-state index contributed by atoms with van der Waals surface area (Å²) in [5.41, 5.74) is 13.3. The molecule has 0 aliphatic heterocycles. The van der Waals surface area contributed by atoms with Crippen molar-refractivity contribution in [3.8, 4) is 11.5 Å². The van der Waals surface area contributed by atoms with Crippen LogP contribution in [0.2, 0.25) is 0 Å². The Bertz CT molecular complexity index is 1050. The molecule has 0 spiro atoms. The molecule has 1 saturated carbocycles. The van der Waals surface area contributed by atoms with Crippen molar-refractivity contribution in [3.63, 3.8) is 0 Å². The van der Waals surface area contributed by atoms with Crippen LogP contribution in [0, 0.1) is 41.5 Å². The van der Waals surface area contributed by atoms with Crippen molar-refractivity contribution in [2.24, 2.45) is 10.2 Å². The molecular weight excluding hydrogens is 456 g/mol. The molecule has 2 aromatic rings. The zero-order valence-corrected chi connectivity index (χ0v) is 22.1. The Morgan fingerprint density at radius 2 is 0.944 bits per heavy atom. The molecule has 3 rings (SSSR count). The summed E-state index contributed by atoms with van der Waals surface area (Å²) in [6, 6.07) is 8.12. The Morgan fingerprint density at radius 3 is 1.25 bits per heavy atom. The molecule has 0 aromatic heterocycles. The molecule has 2 N–H and O–H groups in total. The van der Waals surface area contributed by atoms with E-state index >= 15 is 0 Å². The third-order valence-electron chi connectivity index (χ3n) is 5.99. The fourth-order valence-electron chi connectivity index (χ4n) is 4.46. The Kier molecular flexibility index (Phi) is 9.22. The van der Waals surface area contributed by atoms with Gasteiger partial charge in [0.05, 0.1) is 0 Å². The summed E-state index contributed by atoms with van der Waals surface area (Å²) in [5, 5.41) is 8.49. The molecule has 2 aromatic carbocycles. The van der Waals surface area contributed by atoms with Gasteiger partial charge in [-0.1, -0.05) is 35.4 Å². The number of hydrogen-bond acceptors (Lipinski definition) is 6. The van der Waals surface area contributed by atoms with E-state index in [0.717, 1.165) is 56.3 Å². The highest BCUT2D eigenvalue weighted by molar-refractivity contribution is 5.99. The zero-order valence-electron chi connectivity index (χ0n) is 22.1. The van der Waals surface area contributed by atoms with Crippen LogP contribution in [0.25, 0.3) is 0 Å². The highest BCUT2D eigenvalue weighted by atomic mass is 16.5. The second-order valence-corrected chi connectivity index (χ2v) is 9.46. The second-order valence-electron chi connectivity index (χ2n) is 9.46. The molecular formula is C28H36N4O4. The van der Waals surface area contributed by atoms with Crippen molar-refractivity contribution in [3.05, 3.63) is 57.6 Å². The maximum absolute atomic E-state index is 12.2. The molecule has 0 heterocycles. The standard InChI is InChI=1S/C28H36N4O4/c1-17-11-19(3)27(20(4)12-17)35-15-25(33)31-29-23-7-9-24(10-8-23)30-32-26(34)16-36-28-21(5)13-18(2)14-22(28)6/h11-14H,7-10,15-16H2,1-6H3,(H,31,33)(H,32,34). The van der Waals surface area contributed by atoms with E-state index in [1.165, 1.54) is 0 Å². The van der Waals surface area contributed by atoms with E-state index in [1.54, 1.807) is 0 Å². The van der Waals surface area contributed by atoms with Gasteiger partial charge in [-0.05, 0) is 89.5 Å². The molecule has 1 aliphatic rings. The number of carbonyl (C=O) groups excluding carboxylic acids is 2. The van der Waals surface area contributed by atoms with Crippen molar-refractivity contribution in [1.29, 1.82) is 0 Å². The number of aryl methyl sites for hydroxylation is 6. The van der Waals surface area contributed by atoms with Gasteiger partial charge in [0.25, 0.3) is 11.8 Å². The van der Waals surface area contributed by atoms with Crippen LogP contribution in [-0.2, 0) is 9.59 Å². The van der Waals surface area contributed by atoms with E-state index in [9.17, 15) is 9.59 Å². The minimum atomic E-state index is -0.298.